The molecule has 1 atom stereocenters. The molecular formula is C5H11NO3S. The van der Waals surface area contributed by atoms with E-state index in [1.807, 2.05) is 0 Å². The molecule has 1 rings (SSSR count). The molecule has 1 fully saturated rings. The number of rotatable bonds is 2. The van der Waals surface area contributed by atoms with Gasteiger partial charge in [-0.15, -0.1) is 0 Å². The van der Waals surface area contributed by atoms with Gasteiger partial charge in [0.25, 0.3) is 0 Å². The Labute approximate surface area is 60.2 Å². The van der Waals surface area contributed by atoms with E-state index in [2.05, 4.69) is 4.84 Å². The zero-order valence-electron chi connectivity index (χ0n) is 5.62. The molecule has 1 unspecified atom stereocenters. The van der Waals surface area contributed by atoms with Gasteiger partial charge in [-0.1, -0.05) is 0 Å². The molecule has 1 aliphatic heterocycles. The van der Waals surface area contributed by atoms with Crippen molar-refractivity contribution in [2.24, 2.45) is 5.90 Å². The van der Waals surface area contributed by atoms with Crippen molar-refractivity contribution >= 4 is 9.84 Å². The van der Waals surface area contributed by atoms with Crippen LogP contribution in [0.15, 0.2) is 0 Å². The summed E-state index contributed by atoms with van der Waals surface area (Å²) in [5.74, 6) is 5.06. The molecule has 4 nitrogen and oxygen atoms in total. The van der Waals surface area contributed by atoms with Crippen LogP contribution in [-0.4, -0.2) is 26.0 Å². The van der Waals surface area contributed by atoms with Gasteiger partial charge in [0, 0.05) is 0 Å². The molecule has 0 aromatic heterocycles. The van der Waals surface area contributed by atoms with Gasteiger partial charge in [0.15, 0.2) is 9.84 Å². The van der Waals surface area contributed by atoms with E-state index in [1.54, 1.807) is 0 Å². The average molecular weight is 165 g/mol. The summed E-state index contributed by atoms with van der Waals surface area (Å²) in [6.45, 7) is 0.141. The maximum atomic E-state index is 11.0. The first kappa shape index (κ1) is 7.97. The van der Waals surface area contributed by atoms with Gasteiger partial charge in [-0.2, -0.15) is 0 Å². The molecular weight excluding hydrogens is 154 g/mol. The highest BCUT2D eigenvalue weighted by atomic mass is 32.2. The van der Waals surface area contributed by atoms with Gasteiger partial charge in [0.05, 0.1) is 17.6 Å². The van der Waals surface area contributed by atoms with E-state index in [4.69, 9.17) is 5.90 Å². The van der Waals surface area contributed by atoms with Gasteiger partial charge in [-0.3, -0.25) is 0 Å². The van der Waals surface area contributed by atoms with Crippen LogP contribution in [0.4, 0.5) is 0 Å². The quantitative estimate of drug-likeness (QED) is 0.557. The number of hydrogen-bond acceptors (Lipinski definition) is 4. The van der Waals surface area contributed by atoms with E-state index < -0.39 is 9.84 Å². The first-order valence-electron chi connectivity index (χ1n) is 3.20. The maximum absolute atomic E-state index is 11.0. The summed E-state index contributed by atoms with van der Waals surface area (Å²) in [4.78, 5) is 4.28. The molecule has 0 aromatic carbocycles. The van der Waals surface area contributed by atoms with Crippen molar-refractivity contribution in [1.29, 1.82) is 0 Å². The van der Waals surface area contributed by atoms with E-state index >= 15 is 0 Å². The van der Waals surface area contributed by atoms with Gasteiger partial charge < -0.3 is 4.84 Å². The first-order chi connectivity index (χ1) is 4.67. The van der Waals surface area contributed by atoms with Crippen LogP contribution in [-0.2, 0) is 14.7 Å². The largest absolute Gasteiger partial charge is 0.303 e. The monoisotopic (exact) mass is 165 g/mol. The SMILES string of the molecule is NOCC1CCCS1(=O)=O. The van der Waals surface area contributed by atoms with Gasteiger partial charge in [-0.25, -0.2) is 14.3 Å². The van der Waals surface area contributed by atoms with Crippen LogP contribution >= 0.6 is 0 Å². The van der Waals surface area contributed by atoms with Gasteiger partial charge in [0.1, 0.15) is 0 Å². The molecule has 0 radical (unpaired) electrons. The van der Waals surface area contributed by atoms with Crippen LogP contribution < -0.4 is 5.90 Å². The molecule has 0 bridgehead atoms. The zero-order valence-corrected chi connectivity index (χ0v) is 6.43. The molecule has 1 heterocycles. The molecule has 0 saturated carbocycles. The Bertz CT molecular complexity index is 199. The Kier molecular flexibility index (Phi) is 2.28. The van der Waals surface area contributed by atoms with E-state index in [0.717, 1.165) is 6.42 Å². The summed E-state index contributed by atoms with van der Waals surface area (Å²) in [5.41, 5.74) is 0. The van der Waals surface area contributed by atoms with Crippen LogP contribution in [0.25, 0.3) is 0 Å². The molecule has 60 valence electrons. The van der Waals surface area contributed by atoms with E-state index in [9.17, 15) is 8.42 Å². The topological polar surface area (TPSA) is 69.4 Å². The molecule has 0 amide bonds. The molecule has 0 spiro atoms. The van der Waals surface area contributed by atoms with Crippen LogP contribution in [0.2, 0.25) is 0 Å². The summed E-state index contributed by atoms with van der Waals surface area (Å²) in [6, 6.07) is 0. The summed E-state index contributed by atoms with van der Waals surface area (Å²) >= 11 is 0. The third kappa shape index (κ3) is 1.47. The van der Waals surface area contributed by atoms with Crippen molar-refractivity contribution in [2.45, 2.75) is 18.1 Å². The summed E-state index contributed by atoms with van der Waals surface area (Å²) < 4.78 is 22.0. The Morgan fingerprint density at radius 2 is 2.30 bits per heavy atom. The van der Waals surface area contributed by atoms with Crippen LogP contribution in [0.1, 0.15) is 12.8 Å². The van der Waals surface area contributed by atoms with Crippen molar-refractivity contribution in [3.63, 3.8) is 0 Å². The summed E-state index contributed by atoms with van der Waals surface area (Å²) in [6.07, 6.45) is 1.44. The number of sulfone groups is 1. The minimum atomic E-state index is -2.85. The fourth-order valence-electron chi connectivity index (χ4n) is 1.15. The Hall–Kier alpha value is -0.130. The number of nitrogens with two attached hydrogens (primary N) is 1. The highest BCUT2D eigenvalue weighted by Gasteiger charge is 2.30. The van der Waals surface area contributed by atoms with E-state index in [1.165, 1.54) is 0 Å². The minimum Gasteiger partial charge on any atom is -0.303 e. The lowest BCUT2D eigenvalue weighted by atomic mass is 10.3. The molecule has 1 aliphatic rings. The summed E-state index contributed by atoms with van der Waals surface area (Å²) in [7, 11) is -2.85. The summed E-state index contributed by atoms with van der Waals surface area (Å²) in [5, 5.41) is -0.350. The second kappa shape index (κ2) is 2.86. The zero-order chi connectivity index (χ0) is 7.61. The Morgan fingerprint density at radius 3 is 2.70 bits per heavy atom. The highest BCUT2D eigenvalue weighted by Crippen LogP contribution is 2.19. The lowest BCUT2D eigenvalue weighted by Gasteiger charge is -2.04. The van der Waals surface area contributed by atoms with Crippen LogP contribution in [0.3, 0.4) is 0 Å². The standard InChI is InChI=1S/C5H11NO3S/c6-9-4-5-2-1-3-10(5,7)8/h5H,1-4,6H2. The Morgan fingerprint density at radius 1 is 1.60 bits per heavy atom. The van der Waals surface area contributed by atoms with Crippen molar-refractivity contribution in [1.82, 2.24) is 0 Å². The molecule has 1 saturated heterocycles. The average Bonchev–Trinajstić information content (AvgIpc) is 2.13. The van der Waals surface area contributed by atoms with Crippen LogP contribution in [0, 0.1) is 0 Å². The smallest absolute Gasteiger partial charge is 0.155 e. The predicted molar refractivity (Wildman–Crippen MR) is 36.9 cm³/mol. The van der Waals surface area contributed by atoms with Crippen LogP contribution in [0.5, 0.6) is 0 Å². The van der Waals surface area contributed by atoms with Crippen molar-refractivity contribution in [3.8, 4) is 0 Å². The Balaban J connectivity index is 2.60. The van der Waals surface area contributed by atoms with E-state index in [-0.39, 0.29) is 11.9 Å². The fraction of sp³-hybridized carbons (Fsp3) is 1.00. The maximum Gasteiger partial charge on any atom is 0.155 e. The molecule has 10 heavy (non-hydrogen) atoms. The normalized spacial score (nSPS) is 30.7. The van der Waals surface area contributed by atoms with Gasteiger partial charge >= 0.3 is 0 Å². The second-order valence-corrected chi connectivity index (χ2v) is 4.87. The molecule has 0 aromatic rings. The third-order valence-electron chi connectivity index (χ3n) is 1.74. The molecule has 0 aliphatic carbocycles. The van der Waals surface area contributed by atoms with Crippen molar-refractivity contribution in [3.05, 3.63) is 0 Å². The fourth-order valence-corrected chi connectivity index (χ4v) is 2.87. The highest BCUT2D eigenvalue weighted by molar-refractivity contribution is 7.92. The predicted octanol–water partition coefficient (Wildman–Crippen LogP) is -0.546. The lowest BCUT2D eigenvalue weighted by molar-refractivity contribution is 0.137. The molecule has 2 N–H and O–H groups in total. The molecule has 5 heteroatoms. The number of hydrogen-bond donors (Lipinski definition) is 1. The van der Waals surface area contributed by atoms with E-state index in [0.29, 0.717) is 12.2 Å². The van der Waals surface area contributed by atoms with Gasteiger partial charge in [0.2, 0.25) is 0 Å². The lowest BCUT2D eigenvalue weighted by Crippen LogP contribution is -2.23. The van der Waals surface area contributed by atoms with Gasteiger partial charge in [-0.05, 0) is 12.8 Å². The third-order valence-corrected chi connectivity index (χ3v) is 3.99. The first-order valence-corrected chi connectivity index (χ1v) is 4.91. The minimum absolute atomic E-state index is 0.141. The van der Waals surface area contributed by atoms with Crippen molar-refractivity contribution < 1.29 is 13.3 Å². The van der Waals surface area contributed by atoms with Crippen molar-refractivity contribution in [2.75, 3.05) is 12.4 Å². The second-order valence-electron chi connectivity index (χ2n) is 2.46.